The van der Waals surface area contributed by atoms with E-state index in [2.05, 4.69) is 20.0 Å². The Morgan fingerprint density at radius 1 is 1.23 bits per heavy atom. The number of amides is 1. The number of alkyl halides is 3. The molecule has 2 aliphatic carbocycles. The molecule has 7 nitrogen and oxygen atoms in total. The fourth-order valence-electron chi connectivity index (χ4n) is 4.12. The average molecular weight is 512 g/mol. The predicted octanol–water partition coefficient (Wildman–Crippen LogP) is 4.89. The van der Waals surface area contributed by atoms with E-state index in [0.717, 1.165) is 11.1 Å². The van der Waals surface area contributed by atoms with Crippen LogP contribution >= 0.6 is 0 Å². The van der Waals surface area contributed by atoms with Crippen LogP contribution in [0.3, 0.4) is 0 Å². The lowest BCUT2D eigenvalue weighted by molar-refractivity contribution is -0.327. The van der Waals surface area contributed by atoms with Gasteiger partial charge in [0, 0.05) is 17.2 Å². The van der Waals surface area contributed by atoms with E-state index in [-0.39, 0.29) is 29.8 Å². The van der Waals surface area contributed by atoms with Crippen LogP contribution < -0.4 is 5.32 Å². The smallest absolute Gasteiger partial charge is 0.309 e. The van der Waals surface area contributed by atoms with Crippen molar-refractivity contribution < 1.29 is 31.1 Å². The summed E-state index contributed by atoms with van der Waals surface area (Å²) in [5.74, 6) is -0.642. The number of anilines is 1. The molecule has 1 N–H and O–H groups in total. The number of aromatic nitrogens is 2. The normalized spacial score (nSPS) is 20.7. The Morgan fingerprint density at radius 3 is 2.60 bits per heavy atom. The Morgan fingerprint density at radius 2 is 1.97 bits per heavy atom. The van der Waals surface area contributed by atoms with E-state index in [4.69, 9.17) is 0 Å². The third-order valence-electron chi connectivity index (χ3n) is 5.81. The molecule has 0 saturated heterocycles. The van der Waals surface area contributed by atoms with Crippen molar-refractivity contribution in [1.29, 1.82) is 0 Å². The highest BCUT2D eigenvalue weighted by atomic mass is 32.2. The molecule has 11 heteroatoms. The second-order valence-electron chi connectivity index (χ2n) is 8.61. The molecule has 2 atom stereocenters. The first-order chi connectivity index (χ1) is 16.4. The summed E-state index contributed by atoms with van der Waals surface area (Å²) in [6.45, 7) is 4.66. The first kappa shape index (κ1) is 26.8. The molecule has 1 aromatic rings. The van der Waals surface area contributed by atoms with Gasteiger partial charge in [-0.25, -0.2) is 13.4 Å². The van der Waals surface area contributed by atoms with Crippen molar-refractivity contribution in [3.8, 4) is 0 Å². The molecule has 0 aromatic carbocycles. The minimum absolute atomic E-state index is 0.0377. The number of halogens is 3. The zero-order chi connectivity index (χ0) is 25.8. The summed E-state index contributed by atoms with van der Waals surface area (Å²) in [7, 11) is -3.27. The fourth-order valence-corrected chi connectivity index (χ4v) is 5.43. The van der Waals surface area contributed by atoms with E-state index in [1.54, 1.807) is 44.2 Å². The van der Waals surface area contributed by atoms with E-state index in [0.29, 0.717) is 29.1 Å². The minimum Gasteiger partial charge on any atom is -0.309 e. The topological polar surface area (TPSA) is 98.2 Å². The lowest BCUT2D eigenvalue weighted by Gasteiger charge is -2.21. The van der Waals surface area contributed by atoms with Crippen LogP contribution in [0.2, 0.25) is 0 Å². The Bertz CT molecular complexity index is 1200. The van der Waals surface area contributed by atoms with Crippen molar-refractivity contribution >= 4 is 27.1 Å². The molecule has 1 heterocycles. The van der Waals surface area contributed by atoms with E-state index in [1.165, 1.54) is 6.20 Å². The number of hydrogen-bond acceptors (Lipinski definition) is 6. The molecule has 0 radical (unpaired) electrons. The lowest BCUT2D eigenvalue weighted by Crippen LogP contribution is -2.20. The largest absolute Gasteiger partial charge is 0.522 e. The third-order valence-corrected chi connectivity index (χ3v) is 7.82. The molecule has 1 amide bonds. The van der Waals surface area contributed by atoms with Gasteiger partial charge in [-0.15, -0.1) is 13.2 Å². The molecule has 0 aliphatic heterocycles. The van der Waals surface area contributed by atoms with E-state index in [9.17, 15) is 26.4 Å². The zero-order valence-electron chi connectivity index (χ0n) is 19.7. The van der Waals surface area contributed by atoms with E-state index < -0.39 is 28.7 Å². The molecule has 1 aromatic heterocycles. The highest BCUT2D eigenvalue weighted by molar-refractivity contribution is 7.95. The number of ether oxygens (including phenoxy) is 1. The van der Waals surface area contributed by atoms with Crippen LogP contribution in [0.1, 0.15) is 44.5 Å². The molecular weight excluding hydrogens is 483 g/mol. The number of nitrogens with one attached hydrogen (secondary N) is 1. The molecule has 2 aliphatic rings. The maximum Gasteiger partial charge on any atom is 0.522 e. The molecule has 2 unspecified atom stereocenters. The number of allylic oxidation sites excluding steroid dienone is 6. The summed E-state index contributed by atoms with van der Waals surface area (Å²) in [5, 5.41) is 2.70. The van der Waals surface area contributed by atoms with Gasteiger partial charge in [-0.05, 0) is 37.3 Å². The van der Waals surface area contributed by atoms with Gasteiger partial charge in [0.1, 0.15) is 0 Å². The van der Waals surface area contributed by atoms with Crippen molar-refractivity contribution in [2.45, 2.75) is 46.4 Å². The van der Waals surface area contributed by atoms with Crippen LogP contribution in [0.5, 0.6) is 0 Å². The highest BCUT2D eigenvalue weighted by Gasteiger charge is 2.31. The zero-order valence-corrected chi connectivity index (χ0v) is 20.5. The van der Waals surface area contributed by atoms with Crippen LogP contribution in [0, 0.1) is 18.8 Å². The molecule has 0 fully saturated rings. The summed E-state index contributed by atoms with van der Waals surface area (Å²) >= 11 is 0. The van der Waals surface area contributed by atoms with E-state index in [1.807, 2.05) is 6.92 Å². The Hall–Kier alpha value is -2.79. The van der Waals surface area contributed by atoms with Gasteiger partial charge < -0.3 is 5.32 Å². The monoisotopic (exact) mass is 511 g/mol. The van der Waals surface area contributed by atoms with Crippen LogP contribution in [-0.2, 0) is 19.4 Å². The summed E-state index contributed by atoms with van der Waals surface area (Å²) in [6.07, 6.45) is 5.99. The summed E-state index contributed by atoms with van der Waals surface area (Å²) < 4.78 is 65.3. The van der Waals surface area contributed by atoms with Crippen molar-refractivity contribution in [3.63, 3.8) is 0 Å². The first-order valence-corrected chi connectivity index (χ1v) is 12.9. The number of carbonyl (C=O) groups excluding carboxylic acids is 1. The SMILES string of the molecule is CCS(=O)(=O)C1=CC=C(CC(=O)Nc2cnc(C3=CC=CC(COC(F)(F)F)C3)c(C)n2)CC1C. The van der Waals surface area contributed by atoms with Crippen LogP contribution in [-0.4, -0.2) is 43.0 Å². The number of rotatable bonds is 8. The first-order valence-electron chi connectivity index (χ1n) is 11.2. The molecule has 190 valence electrons. The Kier molecular flexibility index (Phi) is 8.32. The number of carbonyl (C=O) groups is 1. The second-order valence-corrected chi connectivity index (χ2v) is 10.9. The van der Waals surface area contributed by atoms with Crippen molar-refractivity contribution in [2.24, 2.45) is 11.8 Å². The van der Waals surface area contributed by atoms with Crippen molar-refractivity contribution in [1.82, 2.24) is 9.97 Å². The number of hydrogen-bond donors (Lipinski definition) is 1. The van der Waals surface area contributed by atoms with Gasteiger partial charge in [0.05, 0.1) is 29.9 Å². The lowest BCUT2D eigenvalue weighted by atomic mass is 9.92. The average Bonchev–Trinajstić information content (AvgIpc) is 2.77. The number of aryl methyl sites for hydroxylation is 1. The van der Waals surface area contributed by atoms with Gasteiger partial charge in [0.25, 0.3) is 0 Å². The van der Waals surface area contributed by atoms with Gasteiger partial charge in [-0.2, -0.15) is 0 Å². The molecule has 0 bridgehead atoms. The van der Waals surface area contributed by atoms with E-state index >= 15 is 0 Å². The standard InChI is InChI=1S/C24H28F3N3O4S/c1-4-35(32,33)20-9-8-17(10-15(20)2)12-22(31)30-21-13-28-23(16(3)29-21)19-7-5-6-18(11-19)14-34-24(25,26)27/h5-9,13,15,18H,4,10-12,14H2,1-3H3,(H,29,30,31). The third kappa shape index (κ3) is 7.35. The van der Waals surface area contributed by atoms with Gasteiger partial charge in [0.2, 0.25) is 5.91 Å². The molecule has 0 saturated carbocycles. The van der Waals surface area contributed by atoms with Crippen LogP contribution in [0.25, 0.3) is 5.57 Å². The summed E-state index contributed by atoms with van der Waals surface area (Å²) in [4.78, 5) is 21.7. The second kappa shape index (κ2) is 10.9. The predicted molar refractivity (Wildman–Crippen MR) is 127 cm³/mol. The Balaban J connectivity index is 1.62. The number of sulfone groups is 1. The quantitative estimate of drug-likeness (QED) is 0.534. The molecule has 35 heavy (non-hydrogen) atoms. The molecule has 0 spiro atoms. The van der Waals surface area contributed by atoms with Crippen LogP contribution in [0.15, 0.2) is 47.1 Å². The Labute approximate surface area is 202 Å². The van der Waals surface area contributed by atoms with Gasteiger partial charge in [0.15, 0.2) is 15.7 Å². The minimum atomic E-state index is -4.68. The fraction of sp³-hybridized carbons (Fsp3) is 0.458. The van der Waals surface area contributed by atoms with Gasteiger partial charge in [-0.3, -0.25) is 14.5 Å². The summed E-state index contributed by atoms with van der Waals surface area (Å²) in [6, 6.07) is 0. The number of nitrogens with zero attached hydrogens (tertiary/aromatic N) is 2. The van der Waals surface area contributed by atoms with Crippen molar-refractivity contribution in [2.75, 3.05) is 17.7 Å². The van der Waals surface area contributed by atoms with Crippen molar-refractivity contribution in [3.05, 3.63) is 58.4 Å². The highest BCUT2D eigenvalue weighted by Crippen LogP contribution is 2.31. The van der Waals surface area contributed by atoms with Gasteiger partial charge >= 0.3 is 6.36 Å². The van der Waals surface area contributed by atoms with Crippen LogP contribution in [0.4, 0.5) is 19.0 Å². The maximum atomic E-state index is 12.5. The molecule has 3 rings (SSSR count). The van der Waals surface area contributed by atoms with Gasteiger partial charge in [-0.1, -0.05) is 43.7 Å². The maximum absolute atomic E-state index is 12.5. The molecular formula is C24H28F3N3O4S. The summed E-state index contributed by atoms with van der Waals surface area (Å²) in [5.41, 5.74) is 2.63.